The second-order valence-electron chi connectivity index (χ2n) is 4.90. The summed E-state index contributed by atoms with van der Waals surface area (Å²) < 4.78 is 16.5. The molecule has 0 fully saturated rings. The molecule has 0 atom stereocenters. The van der Waals surface area contributed by atoms with Gasteiger partial charge in [-0.1, -0.05) is 6.07 Å². The summed E-state index contributed by atoms with van der Waals surface area (Å²) in [6.07, 6.45) is 0. The monoisotopic (exact) mass is 297 g/mol. The molecule has 22 heavy (non-hydrogen) atoms. The summed E-state index contributed by atoms with van der Waals surface area (Å²) in [5.74, 6) is 2.05. The lowest BCUT2D eigenvalue weighted by atomic mass is 10.1. The van der Waals surface area contributed by atoms with E-state index < -0.39 is 0 Å². The Kier molecular flexibility index (Phi) is 3.94. The van der Waals surface area contributed by atoms with Crippen LogP contribution in [0.1, 0.15) is 5.56 Å². The lowest BCUT2D eigenvalue weighted by molar-refractivity contribution is 0.282. The zero-order valence-electron chi connectivity index (χ0n) is 12.5. The van der Waals surface area contributed by atoms with Gasteiger partial charge in [0.1, 0.15) is 0 Å². The highest BCUT2D eigenvalue weighted by Gasteiger charge is 2.17. The van der Waals surface area contributed by atoms with Crippen molar-refractivity contribution in [2.75, 3.05) is 14.2 Å². The molecule has 3 aromatic rings. The van der Waals surface area contributed by atoms with Gasteiger partial charge in [-0.05, 0) is 29.8 Å². The zero-order valence-corrected chi connectivity index (χ0v) is 12.5. The fraction of sp³-hybridized carbons (Fsp3) is 0.167. The van der Waals surface area contributed by atoms with E-state index >= 15 is 0 Å². The number of rotatable bonds is 4. The minimum Gasteiger partial charge on any atom is -0.493 e. The molecule has 0 spiro atoms. The van der Waals surface area contributed by atoms with Gasteiger partial charge in [0.25, 0.3) is 0 Å². The SMILES string of the molecule is COc1ccc(-c2ccc3ccc(CO)cc3[o+]2)cc1OC. The normalized spacial score (nSPS) is 10.7. The summed E-state index contributed by atoms with van der Waals surface area (Å²) in [7, 11) is 3.21. The molecular weight excluding hydrogens is 280 g/mol. The molecule has 0 radical (unpaired) electrons. The molecule has 1 N–H and O–H groups in total. The van der Waals surface area contributed by atoms with Crippen molar-refractivity contribution in [3.63, 3.8) is 0 Å². The molecule has 112 valence electrons. The Morgan fingerprint density at radius 3 is 2.41 bits per heavy atom. The maximum absolute atomic E-state index is 9.24. The topological polar surface area (TPSA) is 50.0 Å². The van der Waals surface area contributed by atoms with Crippen molar-refractivity contribution >= 4 is 11.0 Å². The third-order valence-corrected chi connectivity index (χ3v) is 3.56. The molecule has 0 aliphatic heterocycles. The van der Waals surface area contributed by atoms with Crippen LogP contribution in [0.3, 0.4) is 0 Å². The lowest BCUT2D eigenvalue weighted by Gasteiger charge is -2.07. The van der Waals surface area contributed by atoms with Crippen LogP contribution in [0.25, 0.3) is 22.3 Å². The van der Waals surface area contributed by atoms with Crippen molar-refractivity contribution in [2.45, 2.75) is 6.61 Å². The number of hydrogen-bond donors (Lipinski definition) is 1. The molecule has 0 saturated carbocycles. The first-order valence-corrected chi connectivity index (χ1v) is 6.94. The lowest BCUT2D eigenvalue weighted by Crippen LogP contribution is -1.91. The van der Waals surface area contributed by atoms with Gasteiger partial charge in [0.05, 0.1) is 31.8 Å². The standard InChI is InChI=1S/C18H17O4/c1-20-16-8-6-14(10-18(16)21-2)15-7-5-13-4-3-12(11-19)9-17(13)22-15/h3-10,19H,11H2,1-2H3/q+1. The highest BCUT2D eigenvalue weighted by molar-refractivity contribution is 5.79. The van der Waals surface area contributed by atoms with Gasteiger partial charge >= 0.3 is 11.3 Å². The Hall–Kier alpha value is -2.59. The van der Waals surface area contributed by atoms with Gasteiger partial charge < -0.3 is 14.6 Å². The van der Waals surface area contributed by atoms with Gasteiger partial charge in [0.2, 0.25) is 0 Å². The fourth-order valence-electron chi connectivity index (χ4n) is 2.37. The summed E-state index contributed by atoms with van der Waals surface area (Å²) >= 11 is 0. The molecule has 2 aromatic carbocycles. The van der Waals surface area contributed by atoms with E-state index in [4.69, 9.17) is 13.9 Å². The molecule has 0 aliphatic rings. The van der Waals surface area contributed by atoms with Crippen molar-refractivity contribution in [2.24, 2.45) is 0 Å². The van der Waals surface area contributed by atoms with Crippen molar-refractivity contribution in [1.82, 2.24) is 0 Å². The average molecular weight is 297 g/mol. The molecule has 1 aromatic heterocycles. The Morgan fingerprint density at radius 2 is 1.68 bits per heavy atom. The van der Waals surface area contributed by atoms with Crippen molar-refractivity contribution < 1.29 is 19.0 Å². The quantitative estimate of drug-likeness (QED) is 0.742. The Labute approximate surface area is 128 Å². The summed E-state index contributed by atoms with van der Waals surface area (Å²) in [6.45, 7) is -0.00789. The van der Waals surface area contributed by atoms with Crippen LogP contribution < -0.4 is 9.47 Å². The smallest absolute Gasteiger partial charge is 0.361 e. The number of aliphatic hydroxyl groups is 1. The molecule has 1 heterocycles. The van der Waals surface area contributed by atoms with E-state index in [9.17, 15) is 5.11 Å². The molecular formula is C18H17O4+. The van der Waals surface area contributed by atoms with Gasteiger partial charge in [0.15, 0.2) is 11.5 Å². The summed E-state index contributed by atoms with van der Waals surface area (Å²) in [5.41, 5.74) is 2.45. The van der Waals surface area contributed by atoms with Crippen molar-refractivity contribution in [1.29, 1.82) is 0 Å². The highest BCUT2D eigenvalue weighted by atomic mass is 16.5. The van der Waals surface area contributed by atoms with Gasteiger partial charge in [-0.3, -0.25) is 0 Å². The largest absolute Gasteiger partial charge is 0.493 e. The predicted octanol–water partition coefficient (Wildman–Crippen LogP) is 3.89. The van der Waals surface area contributed by atoms with E-state index in [0.717, 1.165) is 27.9 Å². The number of hydrogen-bond acceptors (Lipinski definition) is 3. The first-order chi connectivity index (χ1) is 10.7. The maximum atomic E-state index is 9.24. The van der Waals surface area contributed by atoms with E-state index in [0.29, 0.717) is 11.5 Å². The second kappa shape index (κ2) is 6.03. The third kappa shape index (κ3) is 2.61. The van der Waals surface area contributed by atoms with E-state index in [-0.39, 0.29) is 6.61 Å². The van der Waals surface area contributed by atoms with Crippen LogP contribution in [0.2, 0.25) is 0 Å². The number of methoxy groups -OCH3 is 2. The number of benzene rings is 2. The van der Waals surface area contributed by atoms with E-state index in [1.165, 1.54) is 0 Å². The van der Waals surface area contributed by atoms with Crippen molar-refractivity contribution in [3.8, 4) is 22.8 Å². The molecule has 4 heteroatoms. The van der Waals surface area contributed by atoms with E-state index in [2.05, 4.69) is 0 Å². The van der Waals surface area contributed by atoms with Gasteiger partial charge in [-0.2, -0.15) is 0 Å². The Balaban J connectivity index is 2.09. The first kappa shape index (κ1) is 14.4. The Bertz CT molecular complexity index is 811. The van der Waals surface area contributed by atoms with Gasteiger partial charge in [0, 0.05) is 18.2 Å². The van der Waals surface area contributed by atoms with Crippen LogP contribution in [-0.4, -0.2) is 19.3 Å². The Morgan fingerprint density at radius 1 is 0.909 bits per heavy atom. The van der Waals surface area contributed by atoms with Crippen LogP contribution >= 0.6 is 0 Å². The van der Waals surface area contributed by atoms with E-state index in [1.54, 1.807) is 14.2 Å². The molecule has 4 nitrogen and oxygen atoms in total. The molecule has 0 unspecified atom stereocenters. The molecule has 0 bridgehead atoms. The van der Waals surface area contributed by atoms with Crippen LogP contribution in [0.15, 0.2) is 52.9 Å². The summed E-state index contributed by atoms with van der Waals surface area (Å²) in [4.78, 5) is 0. The molecule has 0 amide bonds. The zero-order chi connectivity index (χ0) is 15.5. The summed E-state index contributed by atoms with van der Waals surface area (Å²) in [6, 6.07) is 15.2. The number of ether oxygens (including phenoxy) is 2. The predicted molar refractivity (Wildman–Crippen MR) is 85.1 cm³/mol. The minimum atomic E-state index is -0.00789. The number of aliphatic hydroxyl groups excluding tert-OH is 1. The fourth-order valence-corrected chi connectivity index (χ4v) is 2.37. The molecule has 0 saturated heterocycles. The van der Waals surface area contributed by atoms with Crippen LogP contribution in [-0.2, 0) is 6.61 Å². The van der Waals surface area contributed by atoms with Gasteiger partial charge in [-0.15, -0.1) is 0 Å². The number of fused-ring (bicyclic) bond motifs is 1. The second-order valence-corrected chi connectivity index (χ2v) is 4.90. The minimum absolute atomic E-state index is 0.00789. The van der Waals surface area contributed by atoms with Crippen LogP contribution in [0, 0.1) is 0 Å². The summed E-state index contributed by atoms with van der Waals surface area (Å²) in [5, 5.41) is 10.2. The third-order valence-electron chi connectivity index (χ3n) is 3.56. The highest BCUT2D eigenvalue weighted by Crippen LogP contribution is 2.33. The average Bonchev–Trinajstić information content (AvgIpc) is 2.60. The maximum Gasteiger partial charge on any atom is 0.361 e. The first-order valence-electron chi connectivity index (χ1n) is 6.94. The van der Waals surface area contributed by atoms with Crippen LogP contribution in [0.5, 0.6) is 11.5 Å². The van der Waals surface area contributed by atoms with E-state index in [1.807, 2.05) is 48.5 Å². The molecule has 0 aliphatic carbocycles. The van der Waals surface area contributed by atoms with Gasteiger partial charge in [-0.25, -0.2) is 4.42 Å². The molecule has 3 rings (SSSR count). The van der Waals surface area contributed by atoms with Crippen LogP contribution in [0.4, 0.5) is 0 Å². The van der Waals surface area contributed by atoms with Crippen molar-refractivity contribution in [3.05, 3.63) is 54.1 Å².